The van der Waals surface area contributed by atoms with Crippen LogP contribution >= 0.6 is 0 Å². The van der Waals surface area contributed by atoms with E-state index < -0.39 is 0 Å². The Kier molecular flexibility index (Phi) is 4.31. The lowest BCUT2D eigenvalue weighted by Gasteiger charge is -2.25. The molecule has 2 aliphatic rings. The van der Waals surface area contributed by atoms with Gasteiger partial charge >= 0.3 is 0 Å². The van der Waals surface area contributed by atoms with Crippen LogP contribution in [0.3, 0.4) is 0 Å². The lowest BCUT2D eigenvalue weighted by atomic mass is 10.2. The Morgan fingerprint density at radius 3 is 2.84 bits per heavy atom. The number of aryl methyl sites for hydroxylation is 3. The lowest BCUT2D eigenvalue weighted by molar-refractivity contribution is -0.133. The van der Waals surface area contributed by atoms with Crippen molar-refractivity contribution < 1.29 is 4.79 Å². The number of rotatable bonds is 3. The molecule has 0 N–H and O–H groups in total. The van der Waals surface area contributed by atoms with E-state index in [9.17, 15) is 4.79 Å². The molecule has 4 rings (SSSR count). The normalized spacial score (nSPS) is 20.6. The molecule has 1 amide bonds. The second-order valence-electron chi connectivity index (χ2n) is 7.27. The Balaban J connectivity index is 1.55. The van der Waals surface area contributed by atoms with Gasteiger partial charge in [-0.3, -0.25) is 9.48 Å². The third-order valence-electron chi connectivity index (χ3n) is 5.40. The summed E-state index contributed by atoms with van der Waals surface area (Å²) in [6, 6.07) is 2.07. The number of hydrogen-bond donors (Lipinski definition) is 0. The van der Waals surface area contributed by atoms with Crippen LogP contribution in [-0.4, -0.2) is 41.9 Å². The Morgan fingerprint density at radius 1 is 1.16 bits per heavy atom. The van der Waals surface area contributed by atoms with E-state index in [4.69, 9.17) is 0 Å². The van der Waals surface area contributed by atoms with Crippen molar-refractivity contribution in [1.29, 1.82) is 0 Å². The molecular formula is C18H26N6O. The molecule has 2 aromatic heterocycles. The first-order valence-electron chi connectivity index (χ1n) is 9.36. The molecular weight excluding hydrogens is 316 g/mol. The average molecular weight is 342 g/mol. The van der Waals surface area contributed by atoms with Crippen molar-refractivity contribution in [2.24, 2.45) is 0 Å². The monoisotopic (exact) mass is 342 g/mol. The lowest BCUT2D eigenvalue weighted by Crippen LogP contribution is -2.35. The van der Waals surface area contributed by atoms with Crippen LogP contribution < -0.4 is 0 Å². The van der Waals surface area contributed by atoms with Crippen molar-refractivity contribution in [2.75, 3.05) is 6.54 Å². The van der Waals surface area contributed by atoms with Crippen LogP contribution in [0.4, 0.5) is 0 Å². The zero-order valence-electron chi connectivity index (χ0n) is 15.1. The summed E-state index contributed by atoms with van der Waals surface area (Å²) < 4.78 is 4.07. The Bertz CT molecular complexity index is 777. The van der Waals surface area contributed by atoms with E-state index in [0.29, 0.717) is 6.54 Å². The summed E-state index contributed by atoms with van der Waals surface area (Å²) in [5.41, 5.74) is 1.98. The smallest absolute Gasteiger partial charge is 0.244 e. The molecule has 2 aliphatic heterocycles. The highest BCUT2D eigenvalue weighted by atomic mass is 16.2. The van der Waals surface area contributed by atoms with Crippen molar-refractivity contribution >= 4 is 5.91 Å². The zero-order valence-corrected chi connectivity index (χ0v) is 15.1. The first-order valence-corrected chi connectivity index (χ1v) is 9.36. The number of hydrogen-bond acceptors (Lipinski definition) is 4. The summed E-state index contributed by atoms with van der Waals surface area (Å²) in [5.74, 6) is 2.20. The summed E-state index contributed by atoms with van der Waals surface area (Å²) in [6.45, 7) is 6.03. The van der Waals surface area contributed by atoms with Gasteiger partial charge in [0.2, 0.25) is 5.91 Å². The van der Waals surface area contributed by atoms with Crippen molar-refractivity contribution in [3.8, 4) is 0 Å². The third kappa shape index (κ3) is 3.07. The largest absolute Gasteiger partial charge is 0.331 e. The summed E-state index contributed by atoms with van der Waals surface area (Å²) in [6.07, 6.45) is 6.60. The highest BCUT2D eigenvalue weighted by Crippen LogP contribution is 2.32. The maximum Gasteiger partial charge on any atom is 0.244 e. The van der Waals surface area contributed by atoms with Gasteiger partial charge in [0.1, 0.15) is 12.4 Å². The van der Waals surface area contributed by atoms with E-state index in [0.717, 1.165) is 55.4 Å². The van der Waals surface area contributed by atoms with Crippen molar-refractivity contribution in [3.63, 3.8) is 0 Å². The second kappa shape index (κ2) is 6.61. The average Bonchev–Trinajstić information content (AvgIpc) is 3.23. The van der Waals surface area contributed by atoms with Gasteiger partial charge in [-0.15, -0.1) is 10.2 Å². The van der Waals surface area contributed by atoms with E-state index in [1.165, 1.54) is 19.3 Å². The fourth-order valence-corrected chi connectivity index (χ4v) is 4.14. The van der Waals surface area contributed by atoms with E-state index in [2.05, 4.69) is 19.9 Å². The topological polar surface area (TPSA) is 68.8 Å². The molecule has 0 saturated carbocycles. The molecule has 4 heterocycles. The molecule has 7 nitrogen and oxygen atoms in total. The molecule has 1 fully saturated rings. The highest BCUT2D eigenvalue weighted by Gasteiger charge is 2.34. The molecule has 0 bridgehead atoms. The number of carbonyl (C=O) groups is 1. The molecule has 0 unspecified atom stereocenters. The summed E-state index contributed by atoms with van der Waals surface area (Å²) in [5, 5.41) is 13.3. The number of fused-ring (bicyclic) bond motifs is 1. The van der Waals surface area contributed by atoms with Gasteiger partial charge in [-0.05, 0) is 45.6 Å². The maximum absolute atomic E-state index is 12.9. The van der Waals surface area contributed by atoms with Gasteiger partial charge in [0.15, 0.2) is 5.82 Å². The molecule has 1 atom stereocenters. The van der Waals surface area contributed by atoms with Gasteiger partial charge in [-0.25, -0.2) is 0 Å². The molecule has 0 aliphatic carbocycles. The van der Waals surface area contributed by atoms with Gasteiger partial charge < -0.3 is 9.47 Å². The molecule has 25 heavy (non-hydrogen) atoms. The van der Waals surface area contributed by atoms with Gasteiger partial charge in [0, 0.05) is 25.2 Å². The molecule has 1 saturated heterocycles. The molecule has 2 aromatic rings. The first-order chi connectivity index (χ1) is 12.1. The van der Waals surface area contributed by atoms with E-state index in [1.807, 2.05) is 24.8 Å². The Morgan fingerprint density at radius 2 is 2.04 bits per heavy atom. The number of aromatic nitrogens is 5. The van der Waals surface area contributed by atoms with Crippen molar-refractivity contribution in [3.05, 3.63) is 29.1 Å². The van der Waals surface area contributed by atoms with E-state index in [-0.39, 0.29) is 11.9 Å². The van der Waals surface area contributed by atoms with Crippen LogP contribution in [-0.2, 0) is 24.3 Å². The minimum Gasteiger partial charge on any atom is -0.331 e. The molecule has 0 radical (unpaired) electrons. The third-order valence-corrected chi connectivity index (χ3v) is 5.40. The molecule has 0 spiro atoms. The van der Waals surface area contributed by atoms with Crippen molar-refractivity contribution in [2.45, 2.75) is 71.5 Å². The minimum absolute atomic E-state index is 0.0591. The van der Waals surface area contributed by atoms with Crippen LogP contribution in [0.2, 0.25) is 0 Å². The second-order valence-corrected chi connectivity index (χ2v) is 7.27. The SMILES string of the molecule is Cc1cc(C)n(CC(=O)N2CCC[C@H]2c2nnc3n2CCCCC3)n1. The zero-order chi connectivity index (χ0) is 17.4. The maximum atomic E-state index is 12.9. The summed E-state index contributed by atoms with van der Waals surface area (Å²) >= 11 is 0. The first kappa shape index (κ1) is 16.3. The van der Waals surface area contributed by atoms with Crippen LogP contribution in [0.15, 0.2) is 6.07 Å². The van der Waals surface area contributed by atoms with Crippen LogP contribution in [0.5, 0.6) is 0 Å². The Labute approximate surface area is 148 Å². The molecule has 134 valence electrons. The quantitative estimate of drug-likeness (QED) is 0.857. The van der Waals surface area contributed by atoms with E-state index in [1.54, 1.807) is 4.68 Å². The van der Waals surface area contributed by atoms with Gasteiger partial charge in [0.05, 0.1) is 11.7 Å². The standard InChI is InChI=1S/C18H26N6O/c1-13-11-14(2)24(21-13)12-17(25)22-10-6-7-15(22)18-20-19-16-8-4-3-5-9-23(16)18/h11,15H,3-10,12H2,1-2H3/t15-/m0/s1. The number of likely N-dealkylation sites (tertiary alicyclic amines) is 1. The minimum atomic E-state index is 0.0591. The van der Waals surface area contributed by atoms with Crippen LogP contribution in [0.25, 0.3) is 0 Å². The van der Waals surface area contributed by atoms with Gasteiger partial charge in [-0.1, -0.05) is 6.42 Å². The molecule has 7 heteroatoms. The van der Waals surface area contributed by atoms with Gasteiger partial charge in [0.25, 0.3) is 0 Å². The predicted molar refractivity (Wildman–Crippen MR) is 93.0 cm³/mol. The Hall–Kier alpha value is -2.18. The number of carbonyl (C=O) groups excluding carboxylic acids is 1. The number of amides is 1. The summed E-state index contributed by atoms with van der Waals surface area (Å²) in [7, 11) is 0. The van der Waals surface area contributed by atoms with Gasteiger partial charge in [-0.2, -0.15) is 5.10 Å². The van der Waals surface area contributed by atoms with E-state index >= 15 is 0 Å². The van der Waals surface area contributed by atoms with Crippen molar-refractivity contribution in [1.82, 2.24) is 29.4 Å². The number of nitrogens with zero attached hydrogens (tertiary/aromatic N) is 6. The van der Waals surface area contributed by atoms with Crippen LogP contribution in [0, 0.1) is 13.8 Å². The highest BCUT2D eigenvalue weighted by molar-refractivity contribution is 5.76. The molecule has 0 aromatic carbocycles. The fraction of sp³-hybridized carbons (Fsp3) is 0.667. The van der Waals surface area contributed by atoms with Crippen LogP contribution in [0.1, 0.15) is 61.2 Å². The summed E-state index contributed by atoms with van der Waals surface area (Å²) in [4.78, 5) is 14.9. The fourth-order valence-electron chi connectivity index (χ4n) is 4.14. The predicted octanol–water partition coefficient (Wildman–Crippen LogP) is 2.18.